The number of rotatable bonds is 2. The van der Waals surface area contributed by atoms with Crippen molar-refractivity contribution in [1.82, 2.24) is 4.90 Å². The largest absolute Gasteiger partial charge is 0.465 e. The fourth-order valence-corrected chi connectivity index (χ4v) is 4.18. The fourth-order valence-electron chi connectivity index (χ4n) is 3.82. The van der Waals surface area contributed by atoms with Crippen LogP contribution in [-0.2, 0) is 4.79 Å². The van der Waals surface area contributed by atoms with Crippen LogP contribution in [0.2, 0.25) is 0 Å². The van der Waals surface area contributed by atoms with Crippen molar-refractivity contribution in [2.45, 2.75) is 44.2 Å². The van der Waals surface area contributed by atoms with Gasteiger partial charge >= 0.3 is 6.09 Å². The van der Waals surface area contributed by atoms with Crippen LogP contribution in [0.3, 0.4) is 0 Å². The van der Waals surface area contributed by atoms with Crippen molar-refractivity contribution in [2.75, 3.05) is 11.1 Å². The highest BCUT2D eigenvalue weighted by Gasteiger charge is 2.47. The summed E-state index contributed by atoms with van der Waals surface area (Å²) in [4.78, 5) is 25.7. The quantitative estimate of drug-likeness (QED) is 0.684. The van der Waals surface area contributed by atoms with Crippen molar-refractivity contribution in [2.24, 2.45) is 5.92 Å². The zero-order chi connectivity index (χ0) is 16.6. The maximum absolute atomic E-state index is 12.6. The highest BCUT2D eigenvalue weighted by atomic mass is 79.9. The summed E-state index contributed by atoms with van der Waals surface area (Å²) in [7, 11) is 0. The lowest BCUT2D eigenvalue weighted by Gasteiger charge is -2.31. The Hall–Kier alpha value is -1.76. The molecule has 124 valence electrons. The van der Waals surface area contributed by atoms with Gasteiger partial charge in [0.15, 0.2) is 0 Å². The summed E-state index contributed by atoms with van der Waals surface area (Å²) in [6.45, 7) is 0. The molecule has 2 fully saturated rings. The number of halogens is 1. The van der Waals surface area contributed by atoms with Gasteiger partial charge in [-0.1, -0.05) is 28.8 Å². The number of amides is 2. The minimum absolute atomic E-state index is 0.0307. The first-order chi connectivity index (χ1) is 11.0. The van der Waals surface area contributed by atoms with Gasteiger partial charge in [0.05, 0.1) is 11.4 Å². The van der Waals surface area contributed by atoms with Crippen LogP contribution in [0.5, 0.6) is 0 Å². The topological polar surface area (TPSA) is 95.7 Å². The predicted molar refractivity (Wildman–Crippen MR) is 91.2 cm³/mol. The Balaban J connectivity index is 1.80. The van der Waals surface area contributed by atoms with Gasteiger partial charge in [-0.3, -0.25) is 9.69 Å². The SMILES string of the molecule is Nc1ccc(Br)cc1NC(=O)C1CC2CCCC[C@@H]2N1C(=O)O. The zero-order valence-electron chi connectivity index (χ0n) is 12.7. The molecule has 1 saturated carbocycles. The van der Waals surface area contributed by atoms with E-state index in [4.69, 9.17) is 5.73 Å². The van der Waals surface area contributed by atoms with Gasteiger partial charge in [0.1, 0.15) is 6.04 Å². The number of carboxylic acid groups (broad SMARTS) is 1. The predicted octanol–water partition coefficient (Wildman–Crippen LogP) is 3.28. The fraction of sp³-hybridized carbons (Fsp3) is 0.500. The molecule has 1 aliphatic carbocycles. The molecule has 4 N–H and O–H groups in total. The molecular weight excluding hydrogens is 362 g/mol. The molecule has 23 heavy (non-hydrogen) atoms. The average Bonchev–Trinajstić information content (AvgIpc) is 2.90. The Morgan fingerprint density at radius 1 is 1.30 bits per heavy atom. The van der Waals surface area contributed by atoms with Crippen molar-refractivity contribution in [1.29, 1.82) is 0 Å². The molecule has 1 aliphatic heterocycles. The van der Waals surface area contributed by atoms with Gasteiger partial charge in [0, 0.05) is 10.5 Å². The first kappa shape index (κ1) is 16.1. The average molecular weight is 382 g/mol. The second-order valence-corrected chi connectivity index (χ2v) is 7.19. The lowest BCUT2D eigenvalue weighted by atomic mass is 9.85. The molecule has 7 heteroatoms. The van der Waals surface area contributed by atoms with E-state index in [1.54, 1.807) is 18.2 Å². The number of anilines is 2. The molecular formula is C16H20BrN3O3. The van der Waals surface area contributed by atoms with Crippen LogP contribution in [0.4, 0.5) is 16.2 Å². The van der Waals surface area contributed by atoms with Crippen LogP contribution in [0, 0.1) is 5.92 Å². The van der Waals surface area contributed by atoms with E-state index >= 15 is 0 Å². The summed E-state index contributed by atoms with van der Waals surface area (Å²) in [5, 5.41) is 12.3. The summed E-state index contributed by atoms with van der Waals surface area (Å²) >= 11 is 3.34. The number of nitrogens with two attached hydrogens (primary N) is 1. The van der Waals surface area contributed by atoms with E-state index in [1.165, 1.54) is 4.90 Å². The van der Waals surface area contributed by atoms with Crippen molar-refractivity contribution in [3.8, 4) is 0 Å². The van der Waals surface area contributed by atoms with Gasteiger partial charge in [-0.2, -0.15) is 0 Å². The third-order valence-corrected chi connectivity index (χ3v) is 5.38. The van der Waals surface area contributed by atoms with E-state index in [0.29, 0.717) is 17.8 Å². The molecule has 3 rings (SSSR count). The summed E-state index contributed by atoms with van der Waals surface area (Å²) in [6.07, 6.45) is 3.56. The van der Waals surface area contributed by atoms with E-state index in [0.717, 1.165) is 30.2 Å². The Kier molecular flexibility index (Phi) is 4.48. The summed E-state index contributed by atoms with van der Waals surface area (Å²) in [5.74, 6) is -0.0120. The number of nitrogen functional groups attached to an aromatic ring is 1. The van der Waals surface area contributed by atoms with Gasteiger partial charge in [0.2, 0.25) is 5.91 Å². The number of hydrogen-bond acceptors (Lipinski definition) is 3. The van der Waals surface area contributed by atoms with Crippen molar-refractivity contribution in [3.63, 3.8) is 0 Å². The van der Waals surface area contributed by atoms with Gasteiger partial charge in [-0.05, 0) is 43.4 Å². The highest BCUT2D eigenvalue weighted by Crippen LogP contribution is 2.40. The van der Waals surface area contributed by atoms with Crippen LogP contribution in [0.25, 0.3) is 0 Å². The third-order valence-electron chi connectivity index (χ3n) is 4.88. The number of fused-ring (bicyclic) bond motifs is 1. The van der Waals surface area contributed by atoms with E-state index in [-0.39, 0.29) is 17.9 Å². The van der Waals surface area contributed by atoms with E-state index in [2.05, 4.69) is 21.2 Å². The molecule has 0 radical (unpaired) electrons. The van der Waals surface area contributed by atoms with E-state index < -0.39 is 12.1 Å². The normalized spacial score (nSPS) is 26.7. The number of likely N-dealkylation sites (tertiary alicyclic amines) is 1. The minimum atomic E-state index is -1.01. The van der Waals surface area contributed by atoms with Crippen LogP contribution in [-0.4, -0.2) is 34.1 Å². The van der Waals surface area contributed by atoms with Crippen LogP contribution in [0.1, 0.15) is 32.1 Å². The second kappa shape index (κ2) is 6.39. The molecule has 1 heterocycles. The molecule has 2 amide bonds. The Morgan fingerprint density at radius 3 is 2.78 bits per heavy atom. The summed E-state index contributed by atoms with van der Waals surface area (Å²) < 4.78 is 0.803. The first-order valence-corrected chi connectivity index (χ1v) is 8.64. The Morgan fingerprint density at radius 2 is 2.04 bits per heavy atom. The lowest BCUT2D eigenvalue weighted by molar-refractivity contribution is -0.120. The molecule has 1 aromatic carbocycles. The molecule has 0 spiro atoms. The van der Waals surface area contributed by atoms with Gasteiger partial charge in [-0.25, -0.2) is 4.79 Å². The monoisotopic (exact) mass is 381 g/mol. The first-order valence-electron chi connectivity index (χ1n) is 7.84. The number of nitrogens with one attached hydrogen (secondary N) is 1. The molecule has 1 aromatic rings. The lowest BCUT2D eigenvalue weighted by Crippen LogP contribution is -2.47. The van der Waals surface area contributed by atoms with Gasteiger partial charge in [-0.15, -0.1) is 0 Å². The molecule has 0 aromatic heterocycles. The Bertz CT molecular complexity index is 637. The van der Waals surface area contributed by atoms with Crippen molar-refractivity contribution < 1.29 is 14.7 Å². The van der Waals surface area contributed by atoms with Crippen LogP contribution in [0.15, 0.2) is 22.7 Å². The molecule has 2 unspecified atom stereocenters. The number of hydrogen-bond donors (Lipinski definition) is 3. The van der Waals surface area contributed by atoms with Crippen LogP contribution < -0.4 is 11.1 Å². The Labute approximate surface area is 143 Å². The maximum atomic E-state index is 12.6. The second-order valence-electron chi connectivity index (χ2n) is 6.27. The number of nitrogens with zero attached hydrogens (tertiary/aromatic N) is 1. The minimum Gasteiger partial charge on any atom is -0.465 e. The smallest absolute Gasteiger partial charge is 0.408 e. The van der Waals surface area contributed by atoms with E-state index in [1.807, 2.05) is 0 Å². The standard InChI is InChI=1S/C16H20BrN3O3/c17-10-5-6-11(18)12(8-10)19-15(21)14-7-9-3-1-2-4-13(9)20(14)16(22)23/h5-6,8-9,13-14H,1-4,7,18H2,(H,19,21)(H,22,23)/t9?,13-,14?/m0/s1. The van der Waals surface area contributed by atoms with E-state index in [9.17, 15) is 14.7 Å². The molecule has 0 bridgehead atoms. The molecule has 2 aliphatic rings. The van der Waals surface area contributed by atoms with Crippen molar-refractivity contribution in [3.05, 3.63) is 22.7 Å². The van der Waals surface area contributed by atoms with Gasteiger partial charge < -0.3 is 16.2 Å². The molecule has 3 atom stereocenters. The number of carbonyl (C=O) groups excluding carboxylic acids is 1. The summed E-state index contributed by atoms with van der Waals surface area (Å²) in [6, 6.07) is 4.54. The number of benzene rings is 1. The summed E-state index contributed by atoms with van der Waals surface area (Å²) in [5.41, 5.74) is 6.84. The van der Waals surface area contributed by atoms with Crippen molar-refractivity contribution >= 4 is 39.3 Å². The number of carbonyl (C=O) groups is 2. The maximum Gasteiger partial charge on any atom is 0.408 e. The van der Waals surface area contributed by atoms with Crippen LogP contribution >= 0.6 is 15.9 Å². The van der Waals surface area contributed by atoms with Gasteiger partial charge in [0.25, 0.3) is 0 Å². The third kappa shape index (κ3) is 3.15. The molecule has 1 saturated heterocycles. The zero-order valence-corrected chi connectivity index (χ0v) is 14.3. The molecule has 6 nitrogen and oxygen atoms in total. The highest BCUT2D eigenvalue weighted by molar-refractivity contribution is 9.10.